The maximum Gasteiger partial charge on any atom is 0.416 e. The van der Waals surface area contributed by atoms with E-state index in [1.807, 2.05) is 0 Å². The van der Waals surface area contributed by atoms with Crippen molar-refractivity contribution >= 4 is 23.7 Å². The van der Waals surface area contributed by atoms with Gasteiger partial charge in [-0.1, -0.05) is 6.92 Å². The molecule has 3 aromatic rings. The highest BCUT2D eigenvalue weighted by Crippen LogP contribution is 2.43. The number of hydrogen-bond acceptors (Lipinski definition) is 8. The van der Waals surface area contributed by atoms with Crippen molar-refractivity contribution in [2.45, 2.75) is 83.0 Å². The Labute approximate surface area is 291 Å². The zero-order chi connectivity index (χ0) is 38.4. The number of nitrogens with zero attached hydrogens (tertiary/aromatic N) is 3. The number of fused-ring (bicyclic) bond motifs is 1. The summed E-state index contributed by atoms with van der Waals surface area (Å²) in [6.45, 7) is 3.65. The van der Waals surface area contributed by atoms with Crippen LogP contribution in [0.3, 0.4) is 0 Å². The zero-order valence-electron chi connectivity index (χ0n) is 27.7. The van der Waals surface area contributed by atoms with Crippen molar-refractivity contribution in [1.29, 1.82) is 0 Å². The van der Waals surface area contributed by atoms with Crippen LogP contribution in [0.15, 0.2) is 48.4 Å². The molecule has 0 saturated carbocycles. The Morgan fingerprint density at radius 3 is 2.17 bits per heavy atom. The van der Waals surface area contributed by atoms with Crippen LogP contribution >= 0.6 is 0 Å². The number of aromatic nitrogens is 2. The highest BCUT2D eigenvalue weighted by molar-refractivity contribution is 5.90. The number of amides is 1. The number of ether oxygens (including phenoxy) is 2. The molecule has 2 aromatic carbocycles. The zero-order valence-corrected chi connectivity index (χ0v) is 27.7. The second-order valence-electron chi connectivity index (χ2n) is 11.8. The Balaban J connectivity index is 1.62. The molecule has 0 fully saturated rings. The van der Waals surface area contributed by atoms with E-state index in [0.717, 1.165) is 24.4 Å². The Morgan fingerprint density at radius 2 is 1.60 bits per heavy atom. The van der Waals surface area contributed by atoms with Gasteiger partial charge in [0.15, 0.2) is 17.5 Å². The van der Waals surface area contributed by atoms with Gasteiger partial charge in [0, 0.05) is 18.9 Å². The summed E-state index contributed by atoms with van der Waals surface area (Å²) in [6, 6.07) is 2.08. The number of nitrogens with one attached hydrogen (secondary N) is 1. The highest BCUT2D eigenvalue weighted by atomic mass is 19.4. The molecule has 18 heteroatoms. The molecule has 2 atom stereocenters. The Morgan fingerprint density at radius 1 is 0.942 bits per heavy atom. The molecule has 0 aliphatic carbocycles. The molecule has 0 saturated heterocycles. The van der Waals surface area contributed by atoms with Crippen molar-refractivity contribution in [3.8, 4) is 5.75 Å². The average molecular weight is 749 g/mol. The van der Waals surface area contributed by atoms with Gasteiger partial charge in [0.05, 0.1) is 53.5 Å². The molecule has 1 aliphatic rings. The number of carbonyl (C=O) groups is 1. The number of anilines is 2. The fraction of sp³-hybridized carbons (Fsp3) is 0.441. The van der Waals surface area contributed by atoms with E-state index in [9.17, 15) is 54.2 Å². The lowest BCUT2D eigenvalue weighted by molar-refractivity contribution is -0.143. The van der Waals surface area contributed by atoms with Crippen LogP contribution in [-0.4, -0.2) is 46.4 Å². The summed E-state index contributed by atoms with van der Waals surface area (Å²) in [7, 11) is 0. The first kappa shape index (κ1) is 39.8. The number of benzene rings is 2. The van der Waals surface area contributed by atoms with Crippen LogP contribution in [-0.2, 0) is 39.2 Å². The Hall–Kier alpha value is -4.99. The monoisotopic (exact) mass is 748 g/mol. The van der Waals surface area contributed by atoms with E-state index in [2.05, 4.69) is 15.3 Å². The normalized spacial score (nSPS) is 16.2. The number of unbranched alkanes of at least 4 members (excludes halogenated alkanes) is 1. The van der Waals surface area contributed by atoms with E-state index in [1.54, 1.807) is 19.8 Å². The average Bonchev–Trinajstić information content (AvgIpc) is 3.07. The van der Waals surface area contributed by atoms with Crippen molar-refractivity contribution in [2.75, 3.05) is 23.4 Å². The summed E-state index contributed by atoms with van der Waals surface area (Å²) in [6.07, 6.45) is -14.3. The van der Waals surface area contributed by atoms with Crippen LogP contribution in [0.4, 0.5) is 55.9 Å². The third-order valence-corrected chi connectivity index (χ3v) is 8.15. The van der Waals surface area contributed by atoms with Gasteiger partial charge in [-0.2, -0.15) is 39.5 Å². The maximum atomic E-state index is 13.8. The van der Waals surface area contributed by atoms with Crippen LogP contribution < -0.4 is 10.2 Å². The number of rotatable bonds is 12. The summed E-state index contributed by atoms with van der Waals surface area (Å²) in [5.41, 5.74) is -4.93. The molecule has 282 valence electrons. The van der Waals surface area contributed by atoms with E-state index < -0.39 is 71.1 Å². The van der Waals surface area contributed by atoms with Gasteiger partial charge >= 0.3 is 24.6 Å². The second-order valence-corrected chi connectivity index (χ2v) is 11.8. The van der Waals surface area contributed by atoms with Gasteiger partial charge < -0.3 is 19.9 Å². The molecule has 0 radical (unpaired) electrons. The molecule has 0 spiro atoms. The molecule has 1 aromatic heterocycles. The van der Waals surface area contributed by atoms with Gasteiger partial charge in [0.2, 0.25) is 5.95 Å². The van der Waals surface area contributed by atoms with Crippen molar-refractivity contribution in [2.24, 2.45) is 0 Å². The number of aromatic hydroxyl groups is 1. The number of hydrogen-bond donors (Lipinski definition) is 2. The van der Waals surface area contributed by atoms with Crippen molar-refractivity contribution in [3.63, 3.8) is 0 Å². The predicted molar refractivity (Wildman–Crippen MR) is 168 cm³/mol. The molecule has 2 heterocycles. The SMILES string of the molecule is CCOC(=C=O)CCCCOC(=O)N1c2ccc(C(F)(F)F)cc2[C@@H](Nc2ncc(O)c(Cc3cc(C(F)(F)F)cc(C(F)(F)F)c3)n2)C[C@H]1CC. The third kappa shape index (κ3) is 9.86. The van der Waals surface area contributed by atoms with Crippen LogP contribution in [0.25, 0.3) is 0 Å². The second kappa shape index (κ2) is 16.1. The number of alkyl halides is 9. The van der Waals surface area contributed by atoms with Gasteiger partial charge in [-0.15, -0.1) is 0 Å². The Bertz CT molecular complexity index is 1760. The molecular weight excluding hydrogens is 715 g/mol. The molecule has 1 amide bonds. The van der Waals surface area contributed by atoms with E-state index in [-0.39, 0.29) is 60.8 Å². The molecule has 2 N–H and O–H groups in total. The number of carbonyl (C=O) groups excluding carboxylic acids is 2. The summed E-state index contributed by atoms with van der Waals surface area (Å²) in [5.74, 6) is 0.861. The highest BCUT2D eigenvalue weighted by Gasteiger charge is 2.40. The van der Waals surface area contributed by atoms with Crippen molar-refractivity contribution < 1.29 is 63.7 Å². The van der Waals surface area contributed by atoms with Gasteiger partial charge in [-0.25, -0.2) is 19.6 Å². The standard InChI is InChI=1S/C34H33F9N4O5/c1-3-23-16-26(45-30-44-17-29(49)27(46-30)13-19-11-21(33(38,39)40)14-22(12-19)34(41,42)43)25-15-20(32(35,36)37)8-9-28(25)47(23)31(50)52-10-6-5-7-24(18-48)51-4-2/h8-9,11-12,14-15,17,23,26,49H,3-7,10,13,16H2,1-2H3,(H,44,45,46)/t23-,26+/m1/s1. The minimum atomic E-state index is -5.11. The minimum Gasteiger partial charge on any atom is -0.504 e. The van der Waals surface area contributed by atoms with Crippen molar-refractivity contribution in [3.05, 3.63) is 81.9 Å². The fourth-order valence-corrected chi connectivity index (χ4v) is 5.69. The van der Waals surface area contributed by atoms with Gasteiger partial charge in [-0.3, -0.25) is 4.90 Å². The predicted octanol–water partition coefficient (Wildman–Crippen LogP) is 9.03. The van der Waals surface area contributed by atoms with E-state index in [1.165, 1.54) is 4.90 Å². The first-order valence-electron chi connectivity index (χ1n) is 16.0. The first-order chi connectivity index (χ1) is 24.3. The quantitative estimate of drug-likeness (QED) is 0.0817. The van der Waals surface area contributed by atoms with Crippen LogP contribution in [0.2, 0.25) is 0 Å². The van der Waals surface area contributed by atoms with Crippen molar-refractivity contribution in [1.82, 2.24) is 9.97 Å². The molecular formula is C34H33F9N4O5. The number of halogens is 9. The summed E-state index contributed by atoms with van der Waals surface area (Å²) < 4.78 is 133. The fourth-order valence-electron chi connectivity index (χ4n) is 5.69. The molecule has 1 aliphatic heterocycles. The molecule has 0 bridgehead atoms. The summed E-state index contributed by atoms with van der Waals surface area (Å²) in [5, 5.41) is 13.2. The molecule has 0 unspecified atom stereocenters. The molecule has 9 nitrogen and oxygen atoms in total. The van der Waals surface area contributed by atoms with E-state index in [0.29, 0.717) is 31.4 Å². The largest absolute Gasteiger partial charge is 0.504 e. The van der Waals surface area contributed by atoms with Crippen LogP contribution in [0.1, 0.15) is 85.5 Å². The first-order valence-corrected chi connectivity index (χ1v) is 16.0. The summed E-state index contributed by atoms with van der Waals surface area (Å²) in [4.78, 5) is 33.5. The third-order valence-electron chi connectivity index (χ3n) is 8.15. The maximum absolute atomic E-state index is 13.8. The van der Waals surface area contributed by atoms with Crippen LogP contribution in [0.5, 0.6) is 5.75 Å². The lowest BCUT2D eigenvalue weighted by Crippen LogP contribution is -2.46. The minimum absolute atomic E-state index is 0.000117. The Kier molecular flexibility index (Phi) is 12.3. The lowest BCUT2D eigenvalue weighted by Gasteiger charge is -2.40. The van der Waals surface area contributed by atoms with Gasteiger partial charge in [0.25, 0.3) is 0 Å². The van der Waals surface area contributed by atoms with E-state index >= 15 is 0 Å². The molecule has 52 heavy (non-hydrogen) atoms. The van der Waals surface area contributed by atoms with E-state index in [4.69, 9.17) is 9.47 Å². The number of allylic oxidation sites excluding steroid dienone is 1. The van der Waals surface area contributed by atoms with Gasteiger partial charge in [0.1, 0.15) is 0 Å². The summed E-state index contributed by atoms with van der Waals surface area (Å²) >= 11 is 0. The topological polar surface area (TPSA) is 114 Å². The smallest absolute Gasteiger partial charge is 0.416 e. The van der Waals surface area contributed by atoms with Gasteiger partial charge in [-0.05, 0) is 80.1 Å². The van der Waals surface area contributed by atoms with Crippen LogP contribution in [0, 0.1) is 0 Å². The lowest BCUT2D eigenvalue weighted by atomic mass is 9.89. The molecule has 4 rings (SSSR count).